The van der Waals surface area contributed by atoms with Gasteiger partial charge in [-0.25, -0.2) is 9.97 Å². The van der Waals surface area contributed by atoms with Crippen LogP contribution in [0, 0.1) is 13.8 Å². The van der Waals surface area contributed by atoms with Gasteiger partial charge in [-0.05, 0) is 32.0 Å². The van der Waals surface area contributed by atoms with E-state index in [1.807, 2.05) is 44.2 Å². The van der Waals surface area contributed by atoms with E-state index in [0.29, 0.717) is 23.0 Å². The van der Waals surface area contributed by atoms with Crippen LogP contribution in [-0.2, 0) is 0 Å². The monoisotopic (exact) mass is 280 g/mol. The Bertz CT molecular complexity index is 760. The van der Waals surface area contributed by atoms with Crippen LogP contribution in [0.15, 0.2) is 36.5 Å². The highest BCUT2D eigenvalue weighted by atomic mass is 15.1. The summed E-state index contributed by atoms with van der Waals surface area (Å²) in [5.41, 5.74) is 10.3. The number of aromatic nitrogens is 4. The number of hydrogen-bond acceptors (Lipinski definition) is 5. The Kier molecular flexibility index (Phi) is 3.27. The fraction of sp³-hybridized carbons (Fsp3) is 0.133. The Hall–Kier alpha value is -2.89. The molecule has 6 heteroatoms. The van der Waals surface area contributed by atoms with E-state index in [4.69, 9.17) is 5.73 Å². The van der Waals surface area contributed by atoms with Gasteiger partial charge in [0.05, 0.1) is 6.20 Å². The Morgan fingerprint density at radius 1 is 1.14 bits per heavy atom. The quantitative estimate of drug-likeness (QED) is 0.686. The average Bonchev–Trinajstić information content (AvgIpc) is 2.88. The minimum absolute atomic E-state index is 0.346. The molecule has 0 fully saturated rings. The molecule has 0 unspecified atom stereocenters. The fourth-order valence-corrected chi connectivity index (χ4v) is 1.99. The molecule has 3 aromatic rings. The number of benzene rings is 1. The number of rotatable bonds is 3. The van der Waals surface area contributed by atoms with Crippen molar-refractivity contribution in [2.24, 2.45) is 0 Å². The van der Waals surface area contributed by atoms with Crippen molar-refractivity contribution in [2.75, 3.05) is 11.1 Å². The summed E-state index contributed by atoms with van der Waals surface area (Å²) in [6.45, 7) is 3.97. The number of nitrogens with one attached hydrogen (secondary N) is 2. The number of aryl methyl sites for hydroxylation is 2. The maximum Gasteiger partial charge on any atom is 0.154 e. The second-order valence-electron chi connectivity index (χ2n) is 4.92. The molecule has 21 heavy (non-hydrogen) atoms. The number of aromatic amines is 1. The van der Waals surface area contributed by atoms with Gasteiger partial charge < -0.3 is 11.1 Å². The summed E-state index contributed by atoms with van der Waals surface area (Å²) in [5, 5.41) is 10.2. The predicted molar refractivity (Wildman–Crippen MR) is 83.2 cm³/mol. The molecule has 0 saturated carbocycles. The molecule has 4 N–H and O–H groups in total. The Balaban J connectivity index is 1.85. The molecule has 6 nitrogen and oxygen atoms in total. The zero-order valence-corrected chi connectivity index (χ0v) is 11.9. The zero-order valence-electron chi connectivity index (χ0n) is 11.9. The van der Waals surface area contributed by atoms with Gasteiger partial charge in [-0.2, -0.15) is 5.10 Å². The molecule has 106 valence electrons. The normalized spacial score (nSPS) is 10.6. The molecule has 2 aromatic heterocycles. The second kappa shape index (κ2) is 5.24. The van der Waals surface area contributed by atoms with E-state index in [-0.39, 0.29) is 0 Å². The molecule has 0 saturated heterocycles. The third-order valence-electron chi connectivity index (χ3n) is 3.07. The summed E-state index contributed by atoms with van der Waals surface area (Å²) in [6.07, 6.45) is 1.65. The first-order valence-electron chi connectivity index (χ1n) is 6.60. The van der Waals surface area contributed by atoms with Crippen LogP contribution in [-0.4, -0.2) is 20.2 Å². The van der Waals surface area contributed by atoms with Crippen molar-refractivity contribution < 1.29 is 0 Å². The maximum atomic E-state index is 5.97. The SMILES string of the molecule is Cc1ccc(Nc2cnc(-c3cc(C)[nH]n3)c(N)n2)cc1. The molecular formula is C15H16N6. The van der Waals surface area contributed by atoms with Crippen molar-refractivity contribution >= 4 is 17.3 Å². The molecule has 0 atom stereocenters. The van der Waals surface area contributed by atoms with Crippen LogP contribution < -0.4 is 11.1 Å². The first kappa shape index (κ1) is 13.1. The topological polar surface area (TPSA) is 92.5 Å². The van der Waals surface area contributed by atoms with Crippen molar-refractivity contribution in [3.63, 3.8) is 0 Å². The van der Waals surface area contributed by atoms with Crippen LogP contribution in [0.5, 0.6) is 0 Å². The highest BCUT2D eigenvalue weighted by molar-refractivity contribution is 5.69. The Morgan fingerprint density at radius 2 is 1.90 bits per heavy atom. The van der Waals surface area contributed by atoms with E-state index in [0.717, 1.165) is 11.4 Å². The van der Waals surface area contributed by atoms with Gasteiger partial charge in [-0.3, -0.25) is 5.10 Å². The lowest BCUT2D eigenvalue weighted by Crippen LogP contribution is -2.01. The van der Waals surface area contributed by atoms with Crippen LogP contribution in [0.2, 0.25) is 0 Å². The lowest BCUT2D eigenvalue weighted by Gasteiger charge is -2.07. The molecule has 1 aromatic carbocycles. The number of nitrogen functional groups attached to an aromatic ring is 1. The van der Waals surface area contributed by atoms with Crippen molar-refractivity contribution in [1.29, 1.82) is 0 Å². The number of nitrogens with two attached hydrogens (primary N) is 1. The summed E-state index contributed by atoms with van der Waals surface area (Å²) in [5.74, 6) is 0.950. The van der Waals surface area contributed by atoms with Crippen LogP contribution in [0.1, 0.15) is 11.3 Å². The van der Waals surface area contributed by atoms with Crippen molar-refractivity contribution in [1.82, 2.24) is 20.2 Å². The zero-order chi connectivity index (χ0) is 14.8. The molecule has 0 aliphatic rings. The van der Waals surface area contributed by atoms with Crippen molar-refractivity contribution in [3.8, 4) is 11.4 Å². The molecule has 0 amide bonds. The van der Waals surface area contributed by atoms with Crippen LogP contribution in [0.3, 0.4) is 0 Å². The Morgan fingerprint density at radius 3 is 2.52 bits per heavy atom. The van der Waals surface area contributed by atoms with E-state index in [1.165, 1.54) is 5.56 Å². The minimum atomic E-state index is 0.346. The van der Waals surface area contributed by atoms with Crippen molar-refractivity contribution in [3.05, 3.63) is 47.8 Å². The highest BCUT2D eigenvalue weighted by Gasteiger charge is 2.10. The summed E-state index contributed by atoms with van der Waals surface area (Å²) >= 11 is 0. The summed E-state index contributed by atoms with van der Waals surface area (Å²) in [6, 6.07) is 9.91. The minimum Gasteiger partial charge on any atom is -0.382 e. The van der Waals surface area contributed by atoms with Crippen LogP contribution >= 0.6 is 0 Å². The van der Waals surface area contributed by atoms with E-state index < -0.39 is 0 Å². The van der Waals surface area contributed by atoms with E-state index in [9.17, 15) is 0 Å². The molecule has 0 bridgehead atoms. The Labute approximate surface area is 122 Å². The summed E-state index contributed by atoms with van der Waals surface area (Å²) in [4.78, 5) is 8.67. The van der Waals surface area contributed by atoms with Gasteiger partial charge in [-0.15, -0.1) is 0 Å². The maximum absolute atomic E-state index is 5.97. The average molecular weight is 280 g/mol. The first-order valence-corrected chi connectivity index (χ1v) is 6.60. The van der Waals surface area contributed by atoms with Gasteiger partial charge in [0.15, 0.2) is 11.6 Å². The van der Waals surface area contributed by atoms with Gasteiger partial charge in [0.25, 0.3) is 0 Å². The molecular weight excluding hydrogens is 264 g/mol. The lowest BCUT2D eigenvalue weighted by molar-refractivity contribution is 1.04. The van der Waals surface area contributed by atoms with Crippen molar-refractivity contribution in [2.45, 2.75) is 13.8 Å². The van der Waals surface area contributed by atoms with Gasteiger partial charge >= 0.3 is 0 Å². The van der Waals surface area contributed by atoms with E-state index in [1.54, 1.807) is 6.20 Å². The number of anilines is 3. The second-order valence-corrected chi connectivity index (χ2v) is 4.92. The molecule has 0 aliphatic heterocycles. The number of hydrogen-bond donors (Lipinski definition) is 3. The van der Waals surface area contributed by atoms with Crippen LogP contribution in [0.4, 0.5) is 17.3 Å². The molecule has 2 heterocycles. The predicted octanol–water partition coefficient (Wildman–Crippen LogP) is 2.81. The van der Waals surface area contributed by atoms with Crippen LogP contribution in [0.25, 0.3) is 11.4 Å². The van der Waals surface area contributed by atoms with Gasteiger partial charge in [0.2, 0.25) is 0 Å². The largest absolute Gasteiger partial charge is 0.382 e. The summed E-state index contributed by atoms with van der Waals surface area (Å²) in [7, 11) is 0. The smallest absolute Gasteiger partial charge is 0.154 e. The molecule has 0 aliphatic carbocycles. The summed E-state index contributed by atoms with van der Waals surface area (Å²) < 4.78 is 0. The molecule has 3 rings (SSSR count). The standard InChI is InChI=1S/C15H16N6/c1-9-3-5-11(6-4-9)18-13-8-17-14(15(16)19-13)12-7-10(2)20-21-12/h3-8H,1-2H3,(H,20,21)(H3,16,18,19). The molecule has 0 spiro atoms. The third-order valence-corrected chi connectivity index (χ3v) is 3.07. The van der Waals surface area contributed by atoms with E-state index >= 15 is 0 Å². The van der Waals surface area contributed by atoms with Gasteiger partial charge in [0, 0.05) is 11.4 Å². The van der Waals surface area contributed by atoms with Gasteiger partial charge in [0.1, 0.15) is 11.4 Å². The van der Waals surface area contributed by atoms with E-state index in [2.05, 4.69) is 25.5 Å². The number of H-pyrrole nitrogens is 1. The highest BCUT2D eigenvalue weighted by Crippen LogP contribution is 2.23. The number of nitrogens with zero attached hydrogens (tertiary/aromatic N) is 3. The molecule has 0 radical (unpaired) electrons. The fourth-order valence-electron chi connectivity index (χ4n) is 1.99. The lowest BCUT2D eigenvalue weighted by atomic mass is 10.2. The third kappa shape index (κ3) is 2.84. The van der Waals surface area contributed by atoms with Gasteiger partial charge in [-0.1, -0.05) is 17.7 Å². The first-order chi connectivity index (χ1) is 10.1.